The first-order chi connectivity index (χ1) is 11.6. The summed E-state index contributed by atoms with van der Waals surface area (Å²) in [6, 6.07) is 8.02. The molecule has 122 valence electrons. The van der Waals surface area contributed by atoms with Crippen molar-refractivity contribution >= 4 is 22.7 Å². The largest absolute Gasteiger partial charge is 0.464 e. The zero-order valence-electron chi connectivity index (χ0n) is 13.9. The van der Waals surface area contributed by atoms with Gasteiger partial charge in [-0.1, -0.05) is 18.2 Å². The van der Waals surface area contributed by atoms with Gasteiger partial charge in [-0.2, -0.15) is 0 Å². The van der Waals surface area contributed by atoms with Crippen molar-refractivity contribution in [3.05, 3.63) is 59.0 Å². The number of hydrogen-bond acceptors (Lipinski definition) is 3. The highest BCUT2D eigenvalue weighted by Crippen LogP contribution is 2.39. The summed E-state index contributed by atoms with van der Waals surface area (Å²) in [6.07, 6.45) is 6.33. The number of anilines is 1. The molecular weight excluding hydrogens is 300 g/mol. The van der Waals surface area contributed by atoms with Gasteiger partial charge in [0.25, 0.3) is 0 Å². The van der Waals surface area contributed by atoms with Crippen LogP contribution in [0.1, 0.15) is 41.0 Å². The van der Waals surface area contributed by atoms with Gasteiger partial charge in [0.15, 0.2) is 0 Å². The van der Waals surface area contributed by atoms with Crippen molar-refractivity contribution in [2.24, 2.45) is 0 Å². The summed E-state index contributed by atoms with van der Waals surface area (Å²) in [5, 5.41) is 3.87. The molecule has 24 heavy (non-hydrogen) atoms. The van der Waals surface area contributed by atoms with Crippen LogP contribution >= 0.6 is 0 Å². The molecule has 1 N–H and O–H groups in total. The van der Waals surface area contributed by atoms with Gasteiger partial charge in [0.05, 0.1) is 12.7 Å². The molecule has 0 saturated heterocycles. The summed E-state index contributed by atoms with van der Waals surface area (Å²) in [7, 11) is 0. The minimum Gasteiger partial charge on any atom is -0.464 e. The number of aromatic nitrogens is 1. The van der Waals surface area contributed by atoms with Crippen molar-refractivity contribution in [1.29, 1.82) is 0 Å². The van der Waals surface area contributed by atoms with Crippen LogP contribution in [-0.4, -0.2) is 10.9 Å². The summed E-state index contributed by atoms with van der Waals surface area (Å²) in [6.45, 7) is 4.09. The van der Waals surface area contributed by atoms with Gasteiger partial charge in [0.2, 0.25) is 5.91 Å². The van der Waals surface area contributed by atoms with Crippen molar-refractivity contribution in [2.45, 2.75) is 39.0 Å². The monoisotopic (exact) mass is 320 g/mol. The van der Waals surface area contributed by atoms with Gasteiger partial charge in [-0.25, -0.2) is 4.98 Å². The molecule has 1 amide bonds. The smallest absolute Gasteiger partial charge is 0.230 e. The molecule has 0 radical (unpaired) electrons. The van der Waals surface area contributed by atoms with Gasteiger partial charge in [0.1, 0.15) is 11.4 Å². The Morgan fingerprint density at radius 3 is 2.79 bits per heavy atom. The Kier molecular flexibility index (Phi) is 3.60. The number of hydrogen-bond donors (Lipinski definition) is 1. The van der Waals surface area contributed by atoms with E-state index in [-0.39, 0.29) is 12.3 Å². The molecule has 0 aliphatic heterocycles. The topological polar surface area (TPSA) is 55.1 Å². The van der Waals surface area contributed by atoms with Crippen molar-refractivity contribution in [3.63, 3.8) is 0 Å². The molecule has 0 unspecified atom stereocenters. The maximum Gasteiger partial charge on any atom is 0.230 e. The van der Waals surface area contributed by atoms with Crippen LogP contribution in [0.4, 0.5) is 5.82 Å². The molecule has 1 aliphatic rings. The number of pyridine rings is 1. The van der Waals surface area contributed by atoms with Crippen molar-refractivity contribution < 1.29 is 9.21 Å². The highest BCUT2D eigenvalue weighted by Gasteiger charge is 2.23. The van der Waals surface area contributed by atoms with Gasteiger partial charge < -0.3 is 9.73 Å². The van der Waals surface area contributed by atoms with E-state index in [1.807, 2.05) is 25.3 Å². The highest BCUT2D eigenvalue weighted by molar-refractivity contribution is 5.95. The lowest BCUT2D eigenvalue weighted by Crippen LogP contribution is -2.15. The van der Waals surface area contributed by atoms with Crippen molar-refractivity contribution in [1.82, 2.24) is 4.98 Å². The number of fused-ring (bicyclic) bond motifs is 1. The Morgan fingerprint density at radius 1 is 1.25 bits per heavy atom. The average molecular weight is 320 g/mol. The lowest BCUT2D eigenvalue weighted by atomic mass is 10.0. The molecule has 2 aromatic heterocycles. The first-order valence-electron chi connectivity index (χ1n) is 8.34. The Labute approximate surface area is 140 Å². The van der Waals surface area contributed by atoms with Crippen LogP contribution in [0.2, 0.25) is 0 Å². The molecule has 3 aromatic rings. The first kappa shape index (κ1) is 14.9. The third-order valence-corrected chi connectivity index (χ3v) is 4.80. The number of nitrogens with one attached hydrogen (secondary N) is 1. The minimum absolute atomic E-state index is 0.0809. The van der Waals surface area contributed by atoms with E-state index < -0.39 is 0 Å². The number of aryl methyl sites for hydroxylation is 2. The normalized spacial score (nSPS) is 14.1. The number of benzene rings is 1. The van der Waals surface area contributed by atoms with E-state index in [9.17, 15) is 4.79 Å². The molecule has 0 bridgehead atoms. The maximum absolute atomic E-state index is 12.3. The molecule has 2 heterocycles. The summed E-state index contributed by atoms with van der Waals surface area (Å²) in [5.41, 5.74) is 5.34. The maximum atomic E-state index is 12.3. The molecule has 0 spiro atoms. The Bertz CT molecular complexity index is 905. The fourth-order valence-corrected chi connectivity index (χ4v) is 3.02. The van der Waals surface area contributed by atoms with Crippen LogP contribution in [0.15, 0.2) is 41.1 Å². The standard InChI is InChI=1S/C20H20N2O2/c1-12-3-7-17-16(11-24-20(17)13(12)2)9-19(23)22-18-8-6-15(10-21-18)14-4-5-14/h3,6-8,10-11,14H,4-5,9H2,1-2H3,(H,21,22,23). The molecule has 4 rings (SSSR count). The third-order valence-electron chi connectivity index (χ3n) is 4.80. The molecule has 1 aromatic carbocycles. The van der Waals surface area contributed by atoms with E-state index >= 15 is 0 Å². The number of amides is 1. The zero-order chi connectivity index (χ0) is 16.7. The first-order valence-corrected chi connectivity index (χ1v) is 8.34. The van der Waals surface area contributed by atoms with Gasteiger partial charge in [0, 0.05) is 17.1 Å². The van der Waals surface area contributed by atoms with Gasteiger partial charge in [-0.05, 0) is 55.4 Å². The molecule has 1 saturated carbocycles. The van der Waals surface area contributed by atoms with Crippen molar-refractivity contribution in [3.8, 4) is 0 Å². The fourth-order valence-electron chi connectivity index (χ4n) is 3.02. The third kappa shape index (κ3) is 2.80. The quantitative estimate of drug-likeness (QED) is 0.770. The van der Waals surface area contributed by atoms with Crippen LogP contribution in [0.5, 0.6) is 0 Å². The molecule has 4 nitrogen and oxygen atoms in total. The average Bonchev–Trinajstić information content (AvgIpc) is 3.34. The number of carbonyl (C=O) groups excluding carboxylic acids is 1. The Morgan fingerprint density at radius 2 is 2.08 bits per heavy atom. The van der Waals surface area contributed by atoms with Crippen LogP contribution in [0.25, 0.3) is 11.0 Å². The number of nitrogens with zero attached hydrogens (tertiary/aromatic N) is 1. The predicted molar refractivity (Wildman–Crippen MR) is 94.2 cm³/mol. The SMILES string of the molecule is Cc1ccc2c(CC(=O)Nc3ccc(C4CC4)cn3)coc2c1C. The molecule has 0 atom stereocenters. The second-order valence-corrected chi connectivity index (χ2v) is 6.62. The van der Waals surface area contributed by atoms with E-state index in [0.717, 1.165) is 22.1 Å². The molecular formula is C20H20N2O2. The van der Waals surface area contributed by atoms with E-state index in [4.69, 9.17) is 4.42 Å². The Hall–Kier alpha value is -2.62. The van der Waals surface area contributed by atoms with Gasteiger partial charge in [-0.3, -0.25) is 4.79 Å². The van der Waals surface area contributed by atoms with Crippen LogP contribution in [0, 0.1) is 13.8 Å². The van der Waals surface area contributed by atoms with E-state index in [0.29, 0.717) is 11.7 Å². The summed E-state index contributed by atoms with van der Waals surface area (Å²) < 4.78 is 5.67. The number of furan rings is 1. The van der Waals surface area contributed by atoms with Crippen LogP contribution in [0.3, 0.4) is 0 Å². The van der Waals surface area contributed by atoms with E-state index in [1.54, 1.807) is 6.26 Å². The molecule has 1 aliphatic carbocycles. The Balaban J connectivity index is 1.48. The molecule has 4 heteroatoms. The second kappa shape index (κ2) is 5.78. The second-order valence-electron chi connectivity index (χ2n) is 6.62. The number of carbonyl (C=O) groups is 1. The summed E-state index contributed by atoms with van der Waals surface area (Å²) >= 11 is 0. The summed E-state index contributed by atoms with van der Waals surface area (Å²) in [5.74, 6) is 1.19. The minimum atomic E-state index is -0.0809. The van der Waals surface area contributed by atoms with Crippen LogP contribution in [-0.2, 0) is 11.2 Å². The van der Waals surface area contributed by atoms with E-state index in [1.165, 1.54) is 24.0 Å². The zero-order valence-corrected chi connectivity index (χ0v) is 13.9. The lowest BCUT2D eigenvalue weighted by molar-refractivity contribution is -0.115. The highest BCUT2D eigenvalue weighted by atomic mass is 16.3. The van der Waals surface area contributed by atoms with Gasteiger partial charge in [-0.15, -0.1) is 0 Å². The van der Waals surface area contributed by atoms with Crippen molar-refractivity contribution in [2.75, 3.05) is 5.32 Å². The summed E-state index contributed by atoms with van der Waals surface area (Å²) in [4.78, 5) is 16.7. The lowest BCUT2D eigenvalue weighted by Gasteiger charge is -2.05. The number of rotatable bonds is 4. The predicted octanol–water partition coefficient (Wildman–Crippen LogP) is 4.50. The fraction of sp³-hybridized carbons (Fsp3) is 0.300. The van der Waals surface area contributed by atoms with E-state index in [2.05, 4.69) is 29.4 Å². The van der Waals surface area contributed by atoms with Gasteiger partial charge >= 0.3 is 0 Å². The molecule has 1 fully saturated rings. The van der Waals surface area contributed by atoms with Crippen LogP contribution < -0.4 is 5.32 Å².